The average Bonchev–Trinajstić information content (AvgIpc) is 2.84. The molecule has 0 aliphatic carbocycles. The Morgan fingerprint density at radius 2 is 2.10 bits per heavy atom. The number of hydrogen-bond acceptors (Lipinski definition) is 4. The van der Waals surface area contributed by atoms with E-state index < -0.39 is 0 Å². The molecule has 0 N–H and O–H groups in total. The highest BCUT2D eigenvalue weighted by atomic mass is 35.5. The van der Waals surface area contributed by atoms with Gasteiger partial charge in [0.1, 0.15) is 11.3 Å². The lowest BCUT2D eigenvalue weighted by molar-refractivity contribution is 0.289. The van der Waals surface area contributed by atoms with Gasteiger partial charge in [-0.3, -0.25) is 9.88 Å². The van der Waals surface area contributed by atoms with Crippen molar-refractivity contribution >= 4 is 34.4 Å². The number of hydrogen-bond donors (Lipinski definition) is 0. The molecular weight excluding hydrogens is 292 g/mol. The van der Waals surface area contributed by atoms with Crippen LogP contribution in [0.5, 0.6) is 0 Å². The molecule has 2 aromatic rings. The number of rotatable bonds is 5. The van der Waals surface area contributed by atoms with E-state index in [0.717, 1.165) is 30.9 Å². The number of fused-ring (bicyclic) bond motifs is 1. The molecular formula is C14H19ClN4S. The fourth-order valence-electron chi connectivity index (χ4n) is 2.62. The molecule has 108 valence electrons. The molecule has 1 fully saturated rings. The van der Waals surface area contributed by atoms with Crippen LogP contribution in [0.4, 0.5) is 0 Å². The first-order valence-corrected chi connectivity index (χ1v) is 8.72. The van der Waals surface area contributed by atoms with Crippen LogP contribution in [0, 0.1) is 0 Å². The minimum Gasteiger partial charge on any atom is -0.327 e. The predicted molar refractivity (Wildman–Crippen MR) is 85.7 cm³/mol. The van der Waals surface area contributed by atoms with Crippen LogP contribution in [0.3, 0.4) is 0 Å². The summed E-state index contributed by atoms with van der Waals surface area (Å²) >= 11 is 7.95. The van der Waals surface area contributed by atoms with Crippen molar-refractivity contribution in [2.75, 3.05) is 37.0 Å². The van der Waals surface area contributed by atoms with Gasteiger partial charge >= 0.3 is 0 Å². The van der Waals surface area contributed by atoms with Gasteiger partial charge in [-0.15, -0.1) is 11.6 Å². The van der Waals surface area contributed by atoms with Crippen LogP contribution in [0.1, 0.15) is 5.82 Å². The fraction of sp³-hybridized carbons (Fsp3) is 0.571. The lowest BCUT2D eigenvalue weighted by Crippen LogP contribution is -2.35. The number of alkyl halides is 1. The van der Waals surface area contributed by atoms with E-state index in [1.807, 2.05) is 30.2 Å². The lowest BCUT2D eigenvalue weighted by Gasteiger charge is -2.26. The lowest BCUT2D eigenvalue weighted by atomic mass is 10.4. The van der Waals surface area contributed by atoms with Crippen molar-refractivity contribution in [2.24, 2.45) is 0 Å². The molecule has 1 saturated heterocycles. The average molecular weight is 311 g/mol. The SMILES string of the molecule is ClCCc1nc2cnccc2n1CCN1CCSCC1. The van der Waals surface area contributed by atoms with Crippen LogP contribution < -0.4 is 0 Å². The van der Waals surface area contributed by atoms with Crippen molar-refractivity contribution < 1.29 is 0 Å². The Kier molecular flexibility index (Phi) is 4.81. The number of nitrogens with zero attached hydrogens (tertiary/aromatic N) is 4. The van der Waals surface area contributed by atoms with E-state index in [2.05, 4.69) is 19.4 Å². The number of aromatic nitrogens is 3. The van der Waals surface area contributed by atoms with Gasteiger partial charge in [-0.05, 0) is 6.07 Å². The van der Waals surface area contributed by atoms with E-state index >= 15 is 0 Å². The fourth-order valence-corrected chi connectivity index (χ4v) is 3.77. The third-order valence-electron chi connectivity index (χ3n) is 3.69. The highest BCUT2D eigenvalue weighted by Gasteiger charge is 2.13. The summed E-state index contributed by atoms with van der Waals surface area (Å²) in [6.07, 6.45) is 4.48. The molecule has 1 aliphatic heterocycles. The predicted octanol–water partition coefficient (Wildman–Crippen LogP) is 2.26. The molecule has 3 rings (SSSR count). The van der Waals surface area contributed by atoms with Gasteiger partial charge in [0.15, 0.2) is 0 Å². The zero-order valence-corrected chi connectivity index (χ0v) is 13.0. The van der Waals surface area contributed by atoms with Gasteiger partial charge < -0.3 is 4.57 Å². The van der Waals surface area contributed by atoms with Gasteiger partial charge in [-0.2, -0.15) is 11.8 Å². The maximum atomic E-state index is 5.90. The number of aryl methyl sites for hydroxylation is 1. The van der Waals surface area contributed by atoms with Gasteiger partial charge in [-0.25, -0.2) is 4.98 Å². The Hall–Kier alpha value is -0.780. The third kappa shape index (κ3) is 3.10. The highest BCUT2D eigenvalue weighted by molar-refractivity contribution is 7.99. The smallest absolute Gasteiger partial charge is 0.111 e. The molecule has 1 aliphatic rings. The van der Waals surface area contributed by atoms with Gasteiger partial charge in [-0.1, -0.05) is 0 Å². The van der Waals surface area contributed by atoms with Crippen LogP contribution in [-0.4, -0.2) is 56.5 Å². The maximum absolute atomic E-state index is 5.90. The number of halogens is 1. The van der Waals surface area contributed by atoms with Gasteiger partial charge in [0.05, 0.1) is 11.7 Å². The summed E-state index contributed by atoms with van der Waals surface area (Å²) in [6, 6.07) is 2.05. The van der Waals surface area contributed by atoms with Crippen molar-refractivity contribution in [1.29, 1.82) is 0 Å². The molecule has 3 heterocycles. The Balaban J connectivity index is 1.79. The van der Waals surface area contributed by atoms with Crippen LogP contribution in [0.25, 0.3) is 11.0 Å². The molecule has 2 aromatic heterocycles. The Morgan fingerprint density at radius 3 is 2.90 bits per heavy atom. The van der Waals surface area contributed by atoms with Crippen molar-refractivity contribution in [1.82, 2.24) is 19.4 Å². The Bertz CT molecular complexity index is 565. The first kappa shape index (κ1) is 14.2. The number of imidazole rings is 1. The number of thioether (sulfide) groups is 1. The molecule has 0 unspecified atom stereocenters. The topological polar surface area (TPSA) is 34.0 Å². The van der Waals surface area contributed by atoms with Gasteiger partial charge in [0, 0.05) is 56.2 Å². The van der Waals surface area contributed by atoms with Gasteiger partial charge in [0.25, 0.3) is 0 Å². The summed E-state index contributed by atoms with van der Waals surface area (Å²) in [5, 5.41) is 0. The number of pyridine rings is 1. The summed E-state index contributed by atoms with van der Waals surface area (Å²) in [6.45, 7) is 4.47. The largest absolute Gasteiger partial charge is 0.327 e. The van der Waals surface area contributed by atoms with E-state index in [1.54, 1.807) is 0 Å². The third-order valence-corrected chi connectivity index (χ3v) is 4.82. The quantitative estimate of drug-likeness (QED) is 0.793. The summed E-state index contributed by atoms with van der Waals surface area (Å²) in [5.74, 6) is 4.19. The Morgan fingerprint density at radius 1 is 1.25 bits per heavy atom. The second-order valence-corrected chi connectivity index (χ2v) is 6.54. The van der Waals surface area contributed by atoms with Crippen LogP contribution in [0.15, 0.2) is 18.5 Å². The molecule has 6 heteroatoms. The monoisotopic (exact) mass is 310 g/mol. The molecule has 0 atom stereocenters. The van der Waals surface area contributed by atoms with Crippen molar-refractivity contribution in [3.63, 3.8) is 0 Å². The van der Waals surface area contributed by atoms with Crippen molar-refractivity contribution in [3.8, 4) is 0 Å². The first-order valence-electron chi connectivity index (χ1n) is 7.03. The van der Waals surface area contributed by atoms with Crippen LogP contribution in [0.2, 0.25) is 0 Å². The second kappa shape index (κ2) is 6.78. The molecule has 0 radical (unpaired) electrons. The maximum Gasteiger partial charge on any atom is 0.111 e. The summed E-state index contributed by atoms with van der Waals surface area (Å²) in [4.78, 5) is 11.4. The molecule has 0 aromatic carbocycles. The van der Waals surface area contributed by atoms with Crippen molar-refractivity contribution in [2.45, 2.75) is 13.0 Å². The zero-order valence-electron chi connectivity index (χ0n) is 11.5. The minimum atomic E-state index is 0.608. The van der Waals surface area contributed by atoms with E-state index in [4.69, 9.17) is 11.6 Å². The molecule has 0 spiro atoms. The molecule has 20 heavy (non-hydrogen) atoms. The summed E-state index contributed by atoms with van der Waals surface area (Å²) in [5.41, 5.74) is 2.15. The van der Waals surface area contributed by atoms with E-state index in [1.165, 1.54) is 30.1 Å². The molecule has 0 amide bonds. The van der Waals surface area contributed by atoms with E-state index in [-0.39, 0.29) is 0 Å². The van der Waals surface area contributed by atoms with E-state index in [0.29, 0.717) is 5.88 Å². The van der Waals surface area contributed by atoms with E-state index in [9.17, 15) is 0 Å². The van der Waals surface area contributed by atoms with Gasteiger partial charge in [0.2, 0.25) is 0 Å². The normalized spacial score (nSPS) is 16.9. The first-order chi connectivity index (χ1) is 9.88. The summed E-state index contributed by atoms with van der Waals surface area (Å²) < 4.78 is 2.31. The second-order valence-electron chi connectivity index (χ2n) is 4.94. The zero-order chi connectivity index (χ0) is 13.8. The standard InChI is InChI=1S/C14H19ClN4S/c15-3-1-14-17-12-11-16-4-2-13(12)19(14)6-5-18-7-9-20-10-8-18/h2,4,11H,1,3,5-10H2. The Labute approximate surface area is 128 Å². The molecule has 0 saturated carbocycles. The van der Waals surface area contributed by atoms with Crippen LogP contribution in [-0.2, 0) is 13.0 Å². The summed E-state index contributed by atoms with van der Waals surface area (Å²) in [7, 11) is 0. The molecule has 0 bridgehead atoms. The van der Waals surface area contributed by atoms with Crippen LogP contribution >= 0.6 is 23.4 Å². The highest BCUT2D eigenvalue weighted by Crippen LogP contribution is 2.16. The minimum absolute atomic E-state index is 0.608. The van der Waals surface area contributed by atoms with Crippen molar-refractivity contribution in [3.05, 3.63) is 24.3 Å². The molecule has 4 nitrogen and oxygen atoms in total.